The van der Waals surface area contributed by atoms with Crippen LogP contribution in [0.25, 0.3) is 0 Å². The van der Waals surface area contributed by atoms with E-state index in [4.69, 9.17) is 9.66 Å². The van der Waals surface area contributed by atoms with Crippen molar-refractivity contribution in [2.24, 2.45) is 0 Å². The van der Waals surface area contributed by atoms with Crippen molar-refractivity contribution in [3.63, 3.8) is 0 Å². The highest BCUT2D eigenvalue weighted by atomic mass is 32.2. The SMILES string of the molecule is C=C[C@@H](O)OCCC(F)(F)C(F)(F)S(=O)(=O)O. The van der Waals surface area contributed by atoms with Crippen LogP contribution < -0.4 is 0 Å². The van der Waals surface area contributed by atoms with Gasteiger partial charge in [-0.15, -0.1) is 0 Å². The Morgan fingerprint density at radius 2 is 1.82 bits per heavy atom. The Bertz CT molecular complexity index is 366. The normalized spacial score (nSPS) is 15.6. The molecule has 102 valence electrons. The Labute approximate surface area is 94.4 Å². The Hall–Kier alpha value is -0.710. The van der Waals surface area contributed by atoms with E-state index in [9.17, 15) is 26.0 Å². The number of alkyl halides is 4. The predicted octanol–water partition coefficient (Wildman–Crippen LogP) is 1.01. The molecule has 0 bridgehead atoms. The lowest BCUT2D eigenvalue weighted by Gasteiger charge is -2.23. The van der Waals surface area contributed by atoms with Crippen molar-refractivity contribution in [3.05, 3.63) is 12.7 Å². The molecule has 0 aliphatic carbocycles. The molecule has 0 fully saturated rings. The molecule has 0 aromatic carbocycles. The van der Waals surface area contributed by atoms with E-state index in [0.29, 0.717) is 0 Å². The van der Waals surface area contributed by atoms with E-state index >= 15 is 0 Å². The first-order valence-corrected chi connectivity index (χ1v) is 5.54. The molecule has 0 saturated heterocycles. The fourth-order valence-corrected chi connectivity index (χ4v) is 1.19. The Morgan fingerprint density at radius 1 is 1.35 bits per heavy atom. The Morgan fingerprint density at radius 3 is 2.18 bits per heavy atom. The summed E-state index contributed by atoms with van der Waals surface area (Å²) in [5.74, 6) is -5.03. The van der Waals surface area contributed by atoms with Gasteiger partial charge in [0, 0.05) is 6.42 Å². The number of rotatable bonds is 7. The van der Waals surface area contributed by atoms with E-state index in [1.165, 1.54) is 0 Å². The fraction of sp³-hybridized carbons (Fsp3) is 0.714. The molecule has 0 radical (unpaired) electrons. The highest BCUT2D eigenvalue weighted by Gasteiger charge is 2.65. The third kappa shape index (κ3) is 3.91. The standard InChI is InChI=1S/C7H10F4O5S/c1-2-5(12)16-4-3-6(8,9)7(10,11)17(13,14)15/h2,5,12H,1,3-4H2,(H,13,14,15)/t5-/m0/s1. The molecule has 2 N–H and O–H groups in total. The highest BCUT2D eigenvalue weighted by Crippen LogP contribution is 2.40. The van der Waals surface area contributed by atoms with Gasteiger partial charge in [-0.05, 0) is 6.08 Å². The second kappa shape index (κ2) is 5.29. The van der Waals surface area contributed by atoms with Crippen LogP contribution in [0.3, 0.4) is 0 Å². The van der Waals surface area contributed by atoms with Crippen molar-refractivity contribution in [3.8, 4) is 0 Å². The van der Waals surface area contributed by atoms with Crippen LogP contribution in [0.5, 0.6) is 0 Å². The van der Waals surface area contributed by atoms with Gasteiger partial charge < -0.3 is 9.84 Å². The largest absolute Gasteiger partial charge is 0.431 e. The maximum atomic E-state index is 12.8. The monoisotopic (exact) mass is 282 g/mol. The van der Waals surface area contributed by atoms with Gasteiger partial charge in [0.15, 0.2) is 6.29 Å². The van der Waals surface area contributed by atoms with Gasteiger partial charge >= 0.3 is 21.3 Å². The van der Waals surface area contributed by atoms with E-state index in [2.05, 4.69) is 11.3 Å². The van der Waals surface area contributed by atoms with Crippen LogP contribution in [0.4, 0.5) is 17.6 Å². The zero-order valence-corrected chi connectivity index (χ0v) is 9.13. The number of hydrogen-bond acceptors (Lipinski definition) is 4. The van der Waals surface area contributed by atoms with Gasteiger partial charge in [0.25, 0.3) is 0 Å². The highest BCUT2D eigenvalue weighted by molar-refractivity contribution is 7.87. The van der Waals surface area contributed by atoms with E-state index in [1.807, 2.05) is 0 Å². The molecule has 10 heteroatoms. The molecular weight excluding hydrogens is 272 g/mol. The predicted molar refractivity (Wildman–Crippen MR) is 48.2 cm³/mol. The second-order valence-corrected chi connectivity index (χ2v) is 4.41. The lowest BCUT2D eigenvalue weighted by molar-refractivity contribution is -0.179. The van der Waals surface area contributed by atoms with Gasteiger partial charge in [0.2, 0.25) is 0 Å². The first-order valence-electron chi connectivity index (χ1n) is 4.10. The average molecular weight is 282 g/mol. The summed E-state index contributed by atoms with van der Waals surface area (Å²) in [6.45, 7) is 1.97. The zero-order chi connectivity index (χ0) is 13.9. The lowest BCUT2D eigenvalue weighted by Crippen LogP contribution is -2.47. The van der Waals surface area contributed by atoms with E-state index < -0.39 is 40.6 Å². The fourth-order valence-electron chi connectivity index (χ4n) is 0.710. The third-order valence-electron chi connectivity index (χ3n) is 1.66. The molecule has 5 nitrogen and oxygen atoms in total. The number of hydrogen-bond donors (Lipinski definition) is 2. The molecular formula is C7H10F4O5S. The molecule has 0 saturated carbocycles. The molecule has 0 aromatic rings. The topological polar surface area (TPSA) is 83.8 Å². The minimum Gasteiger partial charge on any atom is -0.365 e. The van der Waals surface area contributed by atoms with E-state index in [-0.39, 0.29) is 0 Å². The van der Waals surface area contributed by atoms with Gasteiger partial charge in [-0.3, -0.25) is 4.55 Å². The molecule has 0 heterocycles. The number of ether oxygens (including phenoxy) is 1. The van der Waals surface area contributed by atoms with Crippen LogP contribution in [0, 0.1) is 0 Å². The van der Waals surface area contributed by atoms with Crippen LogP contribution >= 0.6 is 0 Å². The number of aliphatic hydroxyl groups excluding tert-OH is 1. The maximum absolute atomic E-state index is 12.8. The van der Waals surface area contributed by atoms with Crippen LogP contribution in [0.1, 0.15) is 6.42 Å². The van der Waals surface area contributed by atoms with E-state index in [0.717, 1.165) is 6.08 Å². The van der Waals surface area contributed by atoms with Crippen molar-refractivity contribution < 1.29 is 40.4 Å². The van der Waals surface area contributed by atoms with Gasteiger partial charge in [-0.25, -0.2) is 0 Å². The second-order valence-electron chi connectivity index (χ2n) is 2.94. The molecule has 0 aromatic heterocycles. The van der Waals surface area contributed by atoms with Crippen molar-refractivity contribution in [1.82, 2.24) is 0 Å². The maximum Gasteiger partial charge on any atom is 0.431 e. The molecule has 17 heavy (non-hydrogen) atoms. The van der Waals surface area contributed by atoms with Crippen molar-refractivity contribution in [2.45, 2.75) is 23.9 Å². The summed E-state index contributed by atoms with van der Waals surface area (Å²) < 4.78 is 83.0. The van der Waals surface area contributed by atoms with Gasteiger partial charge in [0.1, 0.15) is 0 Å². The summed E-state index contributed by atoms with van der Waals surface area (Å²) in [5.41, 5.74) is 0. The van der Waals surface area contributed by atoms with Crippen molar-refractivity contribution >= 4 is 10.1 Å². The summed E-state index contributed by atoms with van der Waals surface area (Å²) in [7, 11) is -6.24. The number of halogens is 4. The summed E-state index contributed by atoms with van der Waals surface area (Å²) in [4.78, 5) is 0. The summed E-state index contributed by atoms with van der Waals surface area (Å²) in [5, 5.41) is 3.05. The molecule has 1 atom stereocenters. The minimum absolute atomic E-state index is 0.805. The van der Waals surface area contributed by atoms with Crippen molar-refractivity contribution in [2.75, 3.05) is 6.61 Å². The Kier molecular flexibility index (Phi) is 5.07. The molecule has 0 rings (SSSR count). The number of aliphatic hydroxyl groups is 1. The summed E-state index contributed by atoms with van der Waals surface area (Å²) in [6, 6.07) is 0. The van der Waals surface area contributed by atoms with Gasteiger partial charge in [-0.2, -0.15) is 26.0 Å². The van der Waals surface area contributed by atoms with Crippen LogP contribution in [-0.4, -0.2) is 42.2 Å². The van der Waals surface area contributed by atoms with Gasteiger partial charge in [0.05, 0.1) is 6.61 Å². The molecule has 0 aliphatic rings. The smallest absolute Gasteiger partial charge is 0.365 e. The van der Waals surface area contributed by atoms with Gasteiger partial charge in [-0.1, -0.05) is 6.58 Å². The van der Waals surface area contributed by atoms with Crippen LogP contribution in [0.15, 0.2) is 12.7 Å². The van der Waals surface area contributed by atoms with E-state index in [1.54, 1.807) is 0 Å². The summed E-state index contributed by atoms with van der Waals surface area (Å²) >= 11 is 0. The third-order valence-corrected chi connectivity index (χ3v) is 2.60. The van der Waals surface area contributed by atoms with Crippen LogP contribution in [0.2, 0.25) is 0 Å². The summed E-state index contributed by atoms with van der Waals surface area (Å²) in [6.07, 6.45) is -2.53. The quantitative estimate of drug-likeness (QED) is 0.315. The molecule has 0 unspecified atom stereocenters. The zero-order valence-electron chi connectivity index (χ0n) is 8.32. The molecule has 0 spiro atoms. The molecule has 0 aliphatic heterocycles. The Balaban J connectivity index is 4.64. The van der Waals surface area contributed by atoms with Crippen molar-refractivity contribution in [1.29, 1.82) is 0 Å². The first-order chi connectivity index (χ1) is 7.45. The molecule has 0 amide bonds. The lowest BCUT2D eigenvalue weighted by atomic mass is 10.2. The minimum atomic E-state index is -6.24. The van der Waals surface area contributed by atoms with Crippen LogP contribution in [-0.2, 0) is 14.9 Å². The first kappa shape index (κ1) is 16.3. The average Bonchev–Trinajstić information content (AvgIpc) is 2.15.